The Morgan fingerprint density at radius 3 is 2.33 bits per heavy atom. The molecule has 10 heteroatoms. The van der Waals surface area contributed by atoms with Crippen LogP contribution in [0.15, 0.2) is 77.0 Å². The molecule has 3 aromatic carbocycles. The van der Waals surface area contributed by atoms with Crippen LogP contribution in [0.4, 0.5) is 10.8 Å². The molecule has 0 saturated heterocycles. The Morgan fingerprint density at radius 2 is 1.64 bits per heavy atom. The van der Waals surface area contributed by atoms with Gasteiger partial charge in [-0.3, -0.25) is 9.59 Å². The van der Waals surface area contributed by atoms with Gasteiger partial charge in [0.1, 0.15) is 22.8 Å². The molecule has 0 saturated carbocycles. The third-order valence-electron chi connectivity index (χ3n) is 5.79. The second kappa shape index (κ2) is 13.2. The van der Waals surface area contributed by atoms with E-state index in [4.69, 9.17) is 14.2 Å². The van der Waals surface area contributed by atoms with E-state index < -0.39 is 0 Å². The zero-order valence-corrected chi connectivity index (χ0v) is 23.7. The lowest BCUT2D eigenvalue weighted by atomic mass is 10.1. The minimum Gasteiger partial charge on any atom is -0.497 e. The number of carbonyl (C=O) groups is 2. The average Bonchev–Trinajstić information content (AvgIpc) is 3.43. The van der Waals surface area contributed by atoms with Crippen LogP contribution in [0.2, 0.25) is 0 Å². The van der Waals surface area contributed by atoms with Crippen LogP contribution in [0.5, 0.6) is 17.2 Å². The maximum atomic E-state index is 13.1. The van der Waals surface area contributed by atoms with Gasteiger partial charge in [-0.1, -0.05) is 31.2 Å². The van der Waals surface area contributed by atoms with Crippen molar-refractivity contribution in [3.8, 4) is 28.5 Å². The number of ether oxygens (including phenoxy) is 3. The quantitative estimate of drug-likeness (QED) is 0.198. The molecule has 39 heavy (non-hydrogen) atoms. The molecule has 1 aromatic heterocycles. The van der Waals surface area contributed by atoms with Gasteiger partial charge in [0.2, 0.25) is 5.91 Å². The number of nitrogens with one attached hydrogen (secondary N) is 2. The molecule has 4 rings (SSSR count). The van der Waals surface area contributed by atoms with Crippen LogP contribution in [0, 0.1) is 0 Å². The van der Waals surface area contributed by atoms with Gasteiger partial charge in [-0.05, 0) is 48.9 Å². The standard InChI is InChI=1S/C29H29N3O5S2/c1-5-25(27(33)32-29-31-22(17-38-29)18-9-6-11-20(15-18)35-2)39-21-12-7-10-19(16-21)30-28(34)26-23(36-3)13-8-14-24(26)37-4/h6-17,25H,5H2,1-4H3,(H,30,34)(H,31,32,33). The summed E-state index contributed by atoms with van der Waals surface area (Å²) in [7, 11) is 4.63. The van der Waals surface area contributed by atoms with Crippen LogP contribution in [0.25, 0.3) is 11.3 Å². The van der Waals surface area contributed by atoms with Crippen molar-refractivity contribution < 1.29 is 23.8 Å². The zero-order valence-electron chi connectivity index (χ0n) is 22.0. The van der Waals surface area contributed by atoms with E-state index in [1.54, 1.807) is 31.4 Å². The fourth-order valence-corrected chi connectivity index (χ4v) is 5.57. The predicted molar refractivity (Wildman–Crippen MR) is 157 cm³/mol. The molecule has 1 heterocycles. The van der Waals surface area contributed by atoms with E-state index in [0.29, 0.717) is 34.3 Å². The smallest absolute Gasteiger partial charge is 0.263 e. The third-order valence-corrected chi connectivity index (χ3v) is 7.90. The predicted octanol–water partition coefficient (Wildman–Crippen LogP) is 6.60. The van der Waals surface area contributed by atoms with Crippen molar-refractivity contribution in [2.24, 2.45) is 0 Å². The minimum atomic E-state index is -0.355. The summed E-state index contributed by atoms with van der Waals surface area (Å²) in [6, 6.07) is 20.2. The van der Waals surface area contributed by atoms with Gasteiger partial charge in [0, 0.05) is 21.5 Å². The highest BCUT2D eigenvalue weighted by atomic mass is 32.2. The monoisotopic (exact) mass is 563 g/mol. The fraction of sp³-hybridized carbons (Fsp3) is 0.207. The SMILES string of the molecule is CCC(Sc1cccc(NC(=O)c2c(OC)cccc2OC)c1)C(=O)Nc1nc(-c2cccc(OC)c2)cs1. The molecule has 0 aliphatic rings. The Morgan fingerprint density at radius 1 is 0.923 bits per heavy atom. The maximum Gasteiger partial charge on any atom is 0.263 e. The van der Waals surface area contributed by atoms with Gasteiger partial charge >= 0.3 is 0 Å². The molecule has 2 amide bonds. The number of anilines is 2. The van der Waals surface area contributed by atoms with E-state index in [9.17, 15) is 9.59 Å². The van der Waals surface area contributed by atoms with Crippen molar-refractivity contribution >= 4 is 45.7 Å². The van der Waals surface area contributed by atoms with Crippen molar-refractivity contribution in [2.75, 3.05) is 32.0 Å². The van der Waals surface area contributed by atoms with Gasteiger partial charge in [0.15, 0.2) is 5.13 Å². The first kappa shape index (κ1) is 28.0. The topological polar surface area (TPSA) is 98.8 Å². The molecule has 0 aliphatic carbocycles. The van der Waals surface area contributed by atoms with Crippen LogP contribution in [-0.4, -0.2) is 43.4 Å². The molecule has 202 valence electrons. The summed E-state index contributed by atoms with van der Waals surface area (Å²) in [5, 5.41) is 7.93. The molecule has 0 bridgehead atoms. The molecule has 8 nitrogen and oxygen atoms in total. The maximum absolute atomic E-state index is 13.1. The van der Waals surface area contributed by atoms with Gasteiger partial charge in [-0.15, -0.1) is 23.1 Å². The molecule has 4 aromatic rings. The summed E-state index contributed by atoms with van der Waals surface area (Å²) in [5.41, 5.74) is 2.58. The molecule has 1 atom stereocenters. The van der Waals surface area contributed by atoms with Crippen LogP contribution < -0.4 is 24.8 Å². The third kappa shape index (κ3) is 6.90. The second-order valence-corrected chi connectivity index (χ2v) is 10.4. The highest BCUT2D eigenvalue weighted by molar-refractivity contribution is 8.00. The highest BCUT2D eigenvalue weighted by Crippen LogP contribution is 2.32. The lowest BCUT2D eigenvalue weighted by molar-refractivity contribution is -0.115. The minimum absolute atomic E-state index is 0.137. The molecular weight excluding hydrogens is 534 g/mol. The largest absolute Gasteiger partial charge is 0.497 e. The number of nitrogens with zero attached hydrogens (tertiary/aromatic N) is 1. The number of hydrogen-bond acceptors (Lipinski definition) is 8. The summed E-state index contributed by atoms with van der Waals surface area (Å²) < 4.78 is 16.0. The van der Waals surface area contributed by atoms with Crippen LogP contribution in [0.3, 0.4) is 0 Å². The Labute approximate surface area is 235 Å². The Kier molecular flexibility index (Phi) is 9.45. The Hall–Kier alpha value is -4.02. The van der Waals surface area contributed by atoms with Gasteiger partial charge in [0.25, 0.3) is 5.91 Å². The van der Waals surface area contributed by atoms with Crippen molar-refractivity contribution in [2.45, 2.75) is 23.5 Å². The molecule has 0 fully saturated rings. The lowest BCUT2D eigenvalue weighted by Crippen LogP contribution is -2.24. The van der Waals surface area contributed by atoms with E-state index in [1.807, 2.05) is 54.8 Å². The number of hydrogen-bond donors (Lipinski definition) is 2. The van der Waals surface area contributed by atoms with Gasteiger partial charge in [-0.2, -0.15) is 0 Å². The van der Waals surface area contributed by atoms with Crippen LogP contribution in [-0.2, 0) is 4.79 Å². The van der Waals surface area contributed by atoms with E-state index in [0.717, 1.165) is 21.9 Å². The molecule has 0 radical (unpaired) electrons. The summed E-state index contributed by atoms with van der Waals surface area (Å²) in [5.74, 6) is 1.08. The second-order valence-electron chi connectivity index (χ2n) is 8.29. The number of carbonyl (C=O) groups excluding carboxylic acids is 2. The number of methoxy groups -OCH3 is 3. The number of aromatic nitrogens is 1. The molecule has 0 spiro atoms. The number of rotatable bonds is 11. The van der Waals surface area contributed by atoms with Crippen molar-refractivity contribution in [1.82, 2.24) is 4.98 Å². The summed E-state index contributed by atoms with van der Waals surface area (Å²) in [6.45, 7) is 1.96. The van der Waals surface area contributed by atoms with Crippen LogP contribution in [0.1, 0.15) is 23.7 Å². The van der Waals surface area contributed by atoms with Crippen LogP contribution >= 0.6 is 23.1 Å². The van der Waals surface area contributed by atoms with Crippen molar-refractivity contribution in [3.63, 3.8) is 0 Å². The molecule has 1 unspecified atom stereocenters. The highest BCUT2D eigenvalue weighted by Gasteiger charge is 2.21. The number of thiazole rings is 1. The van der Waals surface area contributed by atoms with Crippen molar-refractivity contribution in [1.29, 1.82) is 0 Å². The van der Waals surface area contributed by atoms with E-state index in [1.165, 1.54) is 37.3 Å². The zero-order chi connectivity index (χ0) is 27.8. The van der Waals surface area contributed by atoms with E-state index >= 15 is 0 Å². The van der Waals surface area contributed by atoms with Gasteiger partial charge in [-0.25, -0.2) is 4.98 Å². The number of thioether (sulfide) groups is 1. The first-order valence-corrected chi connectivity index (χ1v) is 13.9. The average molecular weight is 564 g/mol. The van der Waals surface area contributed by atoms with Gasteiger partial charge in [0.05, 0.1) is 32.3 Å². The first-order valence-electron chi connectivity index (χ1n) is 12.2. The molecular formula is C29H29N3O5S2. The summed E-state index contributed by atoms with van der Waals surface area (Å²) in [4.78, 5) is 31.6. The van der Waals surface area contributed by atoms with Gasteiger partial charge < -0.3 is 24.8 Å². The summed E-state index contributed by atoms with van der Waals surface area (Å²) in [6.07, 6.45) is 0.611. The molecule has 0 aliphatic heterocycles. The van der Waals surface area contributed by atoms with E-state index in [2.05, 4.69) is 15.6 Å². The first-order chi connectivity index (χ1) is 18.9. The number of benzene rings is 3. The lowest BCUT2D eigenvalue weighted by Gasteiger charge is -2.15. The van der Waals surface area contributed by atoms with E-state index in [-0.39, 0.29) is 17.1 Å². The Balaban J connectivity index is 1.43. The Bertz CT molecular complexity index is 1430. The summed E-state index contributed by atoms with van der Waals surface area (Å²) >= 11 is 2.80. The normalized spacial score (nSPS) is 11.4. The molecule has 2 N–H and O–H groups in total. The number of amides is 2. The van der Waals surface area contributed by atoms with Crippen molar-refractivity contribution in [3.05, 3.63) is 77.7 Å². The fourth-order valence-electron chi connectivity index (χ4n) is 3.83.